The van der Waals surface area contributed by atoms with E-state index in [0.29, 0.717) is 24.7 Å². The Morgan fingerprint density at radius 3 is 3.00 bits per heavy atom. The molecule has 0 saturated carbocycles. The maximum Gasteiger partial charge on any atom is 0.241 e. The molecular weight excluding hydrogens is 306 g/mol. The zero-order valence-electron chi connectivity index (χ0n) is 12.3. The van der Waals surface area contributed by atoms with Crippen molar-refractivity contribution in [2.45, 2.75) is 13.1 Å². The third-order valence-corrected chi connectivity index (χ3v) is 3.05. The van der Waals surface area contributed by atoms with Crippen LogP contribution in [-0.2, 0) is 22.6 Å². The van der Waals surface area contributed by atoms with Crippen LogP contribution in [0.3, 0.4) is 0 Å². The first-order chi connectivity index (χ1) is 10.7. The maximum atomic E-state index is 11.6. The van der Waals surface area contributed by atoms with Gasteiger partial charge in [-0.3, -0.25) is 14.5 Å². The SMILES string of the molecule is COCCNC(=O)Cn1cc(NCc2ccc(Cl)cn2)cn1. The Kier molecular flexibility index (Phi) is 6.17. The van der Waals surface area contributed by atoms with E-state index in [9.17, 15) is 4.79 Å². The minimum Gasteiger partial charge on any atom is -0.383 e. The van der Waals surface area contributed by atoms with E-state index in [2.05, 4.69) is 20.7 Å². The number of carbonyl (C=O) groups is 1. The molecule has 0 fully saturated rings. The molecule has 2 aromatic rings. The standard InChI is InChI=1S/C14H18ClN5O2/c1-22-5-4-16-14(21)10-20-9-13(8-19-20)18-7-12-3-2-11(15)6-17-12/h2-3,6,8-9,18H,4-5,7,10H2,1H3,(H,16,21). The summed E-state index contributed by atoms with van der Waals surface area (Å²) in [5, 5.41) is 10.7. The molecule has 1 amide bonds. The number of hydrogen-bond donors (Lipinski definition) is 2. The quantitative estimate of drug-likeness (QED) is 0.716. The minimum absolute atomic E-state index is 0.105. The number of carbonyl (C=O) groups excluding carboxylic acids is 1. The molecule has 2 N–H and O–H groups in total. The van der Waals surface area contributed by atoms with Gasteiger partial charge in [0.15, 0.2) is 0 Å². The second-order valence-electron chi connectivity index (χ2n) is 4.59. The number of nitrogens with one attached hydrogen (secondary N) is 2. The number of halogens is 1. The zero-order valence-corrected chi connectivity index (χ0v) is 13.0. The molecule has 2 heterocycles. The molecule has 0 aliphatic heterocycles. The number of ether oxygens (including phenoxy) is 1. The lowest BCUT2D eigenvalue weighted by atomic mass is 10.3. The summed E-state index contributed by atoms with van der Waals surface area (Å²) in [5.74, 6) is -0.105. The lowest BCUT2D eigenvalue weighted by molar-refractivity contribution is -0.122. The molecular formula is C14H18ClN5O2. The number of rotatable bonds is 8. The van der Waals surface area contributed by atoms with Crippen molar-refractivity contribution in [1.82, 2.24) is 20.1 Å². The fourth-order valence-corrected chi connectivity index (χ4v) is 1.85. The Bertz CT molecular complexity index is 600. The van der Waals surface area contributed by atoms with Crippen molar-refractivity contribution < 1.29 is 9.53 Å². The highest BCUT2D eigenvalue weighted by molar-refractivity contribution is 6.30. The molecule has 0 aromatic carbocycles. The largest absolute Gasteiger partial charge is 0.383 e. The maximum absolute atomic E-state index is 11.6. The van der Waals surface area contributed by atoms with Crippen LogP contribution >= 0.6 is 11.6 Å². The lowest BCUT2D eigenvalue weighted by Crippen LogP contribution is -2.30. The Morgan fingerprint density at radius 1 is 1.41 bits per heavy atom. The van der Waals surface area contributed by atoms with Crippen LogP contribution in [0.5, 0.6) is 0 Å². The van der Waals surface area contributed by atoms with Gasteiger partial charge in [-0.2, -0.15) is 5.10 Å². The number of methoxy groups -OCH3 is 1. The second kappa shape index (κ2) is 8.35. The molecule has 0 bridgehead atoms. The Hall–Kier alpha value is -2.12. The molecule has 0 unspecified atom stereocenters. The number of pyridine rings is 1. The number of nitrogens with zero attached hydrogens (tertiary/aromatic N) is 3. The molecule has 7 nitrogen and oxygen atoms in total. The molecule has 0 saturated heterocycles. The molecule has 2 rings (SSSR count). The summed E-state index contributed by atoms with van der Waals surface area (Å²) < 4.78 is 6.44. The van der Waals surface area contributed by atoms with Crippen LogP contribution in [0.1, 0.15) is 5.69 Å². The summed E-state index contributed by atoms with van der Waals surface area (Å²) in [4.78, 5) is 15.8. The molecule has 22 heavy (non-hydrogen) atoms. The minimum atomic E-state index is -0.105. The summed E-state index contributed by atoms with van der Waals surface area (Å²) in [7, 11) is 1.59. The van der Waals surface area contributed by atoms with Crippen molar-refractivity contribution in [3.63, 3.8) is 0 Å². The van der Waals surface area contributed by atoms with Crippen LogP contribution in [-0.4, -0.2) is 40.9 Å². The van der Waals surface area contributed by atoms with Crippen LogP contribution < -0.4 is 10.6 Å². The van der Waals surface area contributed by atoms with E-state index in [-0.39, 0.29) is 12.5 Å². The van der Waals surface area contributed by atoms with Crippen molar-refractivity contribution >= 4 is 23.2 Å². The van der Waals surface area contributed by atoms with Crippen molar-refractivity contribution in [3.05, 3.63) is 41.4 Å². The monoisotopic (exact) mass is 323 g/mol. The predicted octanol–water partition coefficient (Wildman–Crippen LogP) is 1.31. The van der Waals surface area contributed by atoms with Gasteiger partial charge < -0.3 is 15.4 Å². The lowest BCUT2D eigenvalue weighted by Gasteiger charge is -2.04. The van der Waals surface area contributed by atoms with E-state index in [0.717, 1.165) is 11.4 Å². The van der Waals surface area contributed by atoms with Gasteiger partial charge in [-0.15, -0.1) is 0 Å². The van der Waals surface area contributed by atoms with Gasteiger partial charge in [-0.1, -0.05) is 11.6 Å². The molecule has 0 atom stereocenters. The Labute approximate surface area is 133 Å². The number of anilines is 1. The van der Waals surface area contributed by atoms with E-state index in [1.165, 1.54) is 0 Å². The first-order valence-corrected chi connectivity index (χ1v) is 7.17. The van der Waals surface area contributed by atoms with Gasteiger partial charge in [-0.25, -0.2) is 0 Å². The third-order valence-electron chi connectivity index (χ3n) is 2.83. The summed E-state index contributed by atoms with van der Waals surface area (Å²) in [6.45, 7) is 1.71. The van der Waals surface area contributed by atoms with Crippen molar-refractivity contribution in [3.8, 4) is 0 Å². The van der Waals surface area contributed by atoms with Gasteiger partial charge in [0, 0.05) is 26.0 Å². The Balaban J connectivity index is 1.78. The normalized spacial score (nSPS) is 10.5. The van der Waals surface area contributed by atoms with Gasteiger partial charge in [0.05, 0.1) is 35.8 Å². The van der Waals surface area contributed by atoms with E-state index < -0.39 is 0 Å². The van der Waals surface area contributed by atoms with Gasteiger partial charge in [-0.05, 0) is 12.1 Å². The van der Waals surface area contributed by atoms with E-state index in [1.54, 1.807) is 36.4 Å². The summed E-state index contributed by atoms with van der Waals surface area (Å²) >= 11 is 5.78. The van der Waals surface area contributed by atoms with Crippen molar-refractivity contribution in [1.29, 1.82) is 0 Å². The fourth-order valence-electron chi connectivity index (χ4n) is 1.74. The van der Waals surface area contributed by atoms with Crippen molar-refractivity contribution in [2.24, 2.45) is 0 Å². The van der Waals surface area contributed by atoms with Gasteiger partial charge in [0.25, 0.3) is 0 Å². The van der Waals surface area contributed by atoms with Crippen LogP contribution in [0.2, 0.25) is 5.02 Å². The van der Waals surface area contributed by atoms with Crippen LogP contribution in [0.25, 0.3) is 0 Å². The molecule has 2 aromatic heterocycles. The third kappa shape index (κ3) is 5.34. The van der Waals surface area contributed by atoms with E-state index >= 15 is 0 Å². The number of aromatic nitrogens is 3. The first kappa shape index (κ1) is 16.3. The first-order valence-electron chi connectivity index (χ1n) is 6.80. The highest BCUT2D eigenvalue weighted by Crippen LogP contribution is 2.09. The second-order valence-corrected chi connectivity index (χ2v) is 5.03. The topological polar surface area (TPSA) is 81.1 Å². The predicted molar refractivity (Wildman–Crippen MR) is 83.7 cm³/mol. The highest BCUT2D eigenvalue weighted by Gasteiger charge is 2.04. The Morgan fingerprint density at radius 2 is 2.27 bits per heavy atom. The molecule has 118 valence electrons. The van der Waals surface area contributed by atoms with Gasteiger partial charge >= 0.3 is 0 Å². The average molecular weight is 324 g/mol. The average Bonchev–Trinajstić information content (AvgIpc) is 2.94. The van der Waals surface area contributed by atoms with Crippen LogP contribution in [0.4, 0.5) is 5.69 Å². The number of amides is 1. The zero-order chi connectivity index (χ0) is 15.8. The molecule has 8 heteroatoms. The molecule has 0 aliphatic rings. The smallest absolute Gasteiger partial charge is 0.241 e. The van der Waals surface area contributed by atoms with Crippen molar-refractivity contribution in [2.75, 3.05) is 25.6 Å². The highest BCUT2D eigenvalue weighted by atomic mass is 35.5. The van der Waals surface area contributed by atoms with E-state index in [4.69, 9.17) is 16.3 Å². The number of hydrogen-bond acceptors (Lipinski definition) is 5. The van der Waals surface area contributed by atoms with Gasteiger partial charge in [0.1, 0.15) is 6.54 Å². The summed E-state index contributed by atoms with van der Waals surface area (Å²) in [6, 6.07) is 3.64. The van der Waals surface area contributed by atoms with Crippen LogP contribution in [0.15, 0.2) is 30.7 Å². The summed E-state index contributed by atoms with van der Waals surface area (Å²) in [6.07, 6.45) is 5.04. The molecule has 0 radical (unpaired) electrons. The van der Waals surface area contributed by atoms with Crippen LogP contribution in [0, 0.1) is 0 Å². The van der Waals surface area contributed by atoms with E-state index in [1.807, 2.05) is 6.07 Å². The van der Waals surface area contributed by atoms with Gasteiger partial charge in [0.2, 0.25) is 5.91 Å². The fraction of sp³-hybridized carbons (Fsp3) is 0.357. The summed E-state index contributed by atoms with van der Waals surface area (Å²) in [5.41, 5.74) is 1.69. The molecule has 0 aliphatic carbocycles. The molecule has 0 spiro atoms.